The number of halogens is 1. The van der Waals surface area contributed by atoms with Crippen LogP contribution in [0.5, 0.6) is 0 Å². The van der Waals surface area contributed by atoms with Crippen LogP contribution in [0.1, 0.15) is 30.1 Å². The van der Waals surface area contributed by atoms with Crippen LogP contribution in [0.4, 0.5) is 5.69 Å². The molecule has 1 fully saturated rings. The van der Waals surface area contributed by atoms with Crippen molar-refractivity contribution in [1.29, 1.82) is 0 Å². The fraction of sp³-hybridized carbons (Fsp3) is 0.462. The summed E-state index contributed by atoms with van der Waals surface area (Å²) in [5.74, 6) is -0.337. The van der Waals surface area contributed by atoms with Crippen molar-refractivity contribution < 1.29 is 9.72 Å². The van der Waals surface area contributed by atoms with Crippen molar-refractivity contribution in [3.8, 4) is 0 Å². The maximum absolute atomic E-state index is 12.2. The number of nitrogens with one attached hydrogen (secondary N) is 2. The van der Waals surface area contributed by atoms with Crippen LogP contribution in [0.25, 0.3) is 0 Å². The van der Waals surface area contributed by atoms with Gasteiger partial charge in [-0.05, 0) is 32.4 Å². The summed E-state index contributed by atoms with van der Waals surface area (Å²) >= 11 is 5.81. The predicted molar refractivity (Wildman–Crippen MR) is 76.1 cm³/mol. The van der Waals surface area contributed by atoms with E-state index in [-0.39, 0.29) is 34.3 Å². The Morgan fingerprint density at radius 3 is 2.90 bits per heavy atom. The van der Waals surface area contributed by atoms with Gasteiger partial charge < -0.3 is 10.6 Å². The van der Waals surface area contributed by atoms with Crippen molar-refractivity contribution >= 4 is 23.2 Å². The van der Waals surface area contributed by atoms with Crippen molar-refractivity contribution in [3.63, 3.8) is 0 Å². The van der Waals surface area contributed by atoms with E-state index in [2.05, 4.69) is 10.6 Å². The van der Waals surface area contributed by atoms with Crippen LogP contribution in [0.3, 0.4) is 0 Å². The summed E-state index contributed by atoms with van der Waals surface area (Å²) in [6.45, 7) is 2.95. The van der Waals surface area contributed by atoms with Crippen LogP contribution < -0.4 is 10.6 Å². The summed E-state index contributed by atoms with van der Waals surface area (Å²) in [6, 6.07) is 4.10. The molecular weight excluding hydrogens is 282 g/mol. The molecule has 1 aromatic rings. The molecule has 2 unspecified atom stereocenters. The van der Waals surface area contributed by atoms with Gasteiger partial charge in [0, 0.05) is 34.8 Å². The van der Waals surface area contributed by atoms with Crippen molar-refractivity contribution in [2.75, 3.05) is 6.54 Å². The highest BCUT2D eigenvalue weighted by atomic mass is 35.5. The highest BCUT2D eigenvalue weighted by Gasteiger charge is 2.23. The van der Waals surface area contributed by atoms with E-state index in [1.165, 1.54) is 18.2 Å². The van der Waals surface area contributed by atoms with Crippen molar-refractivity contribution in [1.82, 2.24) is 10.6 Å². The summed E-state index contributed by atoms with van der Waals surface area (Å²) in [7, 11) is 0. The maximum atomic E-state index is 12.2. The van der Waals surface area contributed by atoms with Crippen LogP contribution in [0.15, 0.2) is 18.2 Å². The second kappa shape index (κ2) is 6.19. The Morgan fingerprint density at radius 1 is 1.50 bits per heavy atom. The van der Waals surface area contributed by atoms with Gasteiger partial charge in [0.2, 0.25) is 0 Å². The standard InChI is InChI=1S/C13H16ClN3O3/c1-8-12(3-2-4-15-8)16-13(18)9-5-10(14)7-11(6-9)17(19)20/h5-8,12,15H,2-4H2,1H3,(H,16,18). The minimum Gasteiger partial charge on any atom is -0.348 e. The van der Waals surface area contributed by atoms with E-state index in [0.29, 0.717) is 0 Å². The van der Waals surface area contributed by atoms with Crippen molar-refractivity contribution in [2.45, 2.75) is 31.8 Å². The third-order valence-corrected chi connectivity index (χ3v) is 3.65. The molecule has 20 heavy (non-hydrogen) atoms. The molecule has 2 N–H and O–H groups in total. The highest BCUT2D eigenvalue weighted by molar-refractivity contribution is 6.31. The third-order valence-electron chi connectivity index (χ3n) is 3.43. The number of nitro benzene ring substituents is 1. The van der Waals surface area contributed by atoms with Gasteiger partial charge in [0.1, 0.15) is 0 Å². The number of benzene rings is 1. The fourth-order valence-corrected chi connectivity index (χ4v) is 2.53. The van der Waals surface area contributed by atoms with Gasteiger partial charge in [0.25, 0.3) is 11.6 Å². The molecule has 1 saturated heterocycles. The number of piperidine rings is 1. The molecule has 0 bridgehead atoms. The van der Waals surface area contributed by atoms with E-state index in [1.807, 2.05) is 6.92 Å². The Morgan fingerprint density at radius 2 is 2.25 bits per heavy atom. The molecule has 0 radical (unpaired) electrons. The van der Waals surface area contributed by atoms with Crippen LogP contribution in [-0.4, -0.2) is 29.5 Å². The van der Waals surface area contributed by atoms with E-state index in [0.717, 1.165) is 19.4 Å². The molecule has 0 aliphatic carbocycles. The van der Waals surface area contributed by atoms with Gasteiger partial charge in [-0.15, -0.1) is 0 Å². The Balaban J connectivity index is 2.14. The first kappa shape index (κ1) is 14.7. The molecular formula is C13H16ClN3O3. The molecule has 7 heteroatoms. The van der Waals surface area contributed by atoms with E-state index in [1.54, 1.807) is 0 Å². The first-order chi connectivity index (χ1) is 9.47. The number of carbonyl (C=O) groups excluding carboxylic acids is 1. The van der Waals surface area contributed by atoms with Crippen LogP contribution >= 0.6 is 11.6 Å². The quantitative estimate of drug-likeness (QED) is 0.661. The molecule has 2 rings (SSSR count). The lowest BCUT2D eigenvalue weighted by atomic mass is 9.99. The predicted octanol–water partition coefficient (Wildman–Crippen LogP) is 2.12. The molecule has 0 aromatic heterocycles. The molecule has 0 spiro atoms. The molecule has 108 valence electrons. The zero-order valence-corrected chi connectivity index (χ0v) is 11.8. The summed E-state index contributed by atoms with van der Waals surface area (Å²) in [6.07, 6.45) is 1.88. The van der Waals surface area contributed by atoms with E-state index in [4.69, 9.17) is 11.6 Å². The van der Waals surface area contributed by atoms with Crippen molar-refractivity contribution in [2.24, 2.45) is 0 Å². The second-order valence-corrected chi connectivity index (χ2v) is 5.36. The molecule has 1 aliphatic rings. The maximum Gasteiger partial charge on any atom is 0.271 e. The molecule has 1 heterocycles. The SMILES string of the molecule is CC1NCCCC1NC(=O)c1cc(Cl)cc([N+](=O)[O-])c1. The average molecular weight is 298 g/mol. The van der Waals surface area contributed by atoms with Gasteiger partial charge in [-0.1, -0.05) is 11.6 Å². The number of non-ortho nitro benzene ring substituents is 1. The summed E-state index contributed by atoms with van der Waals surface area (Å²) in [5, 5.41) is 17.1. The Kier molecular flexibility index (Phi) is 4.57. The van der Waals surface area contributed by atoms with Gasteiger partial charge >= 0.3 is 0 Å². The van der Waals surface area contributed by atoms with Crippen LogP contribution in [0.2, 0.25) is 5.02 Å². The minimum absolute atomic E-state index is 0.0225. The van der Waals surface area contributed by atoms with E-state index < -0.39 is 4.92 Å². The monoisotopic (exact) mass is 297 g/mol. The van der Waals surface area contributed by atoms with Crippen LogP contribution in [-0.2, 0) is 0 Å². The number of hydrogen-bond acceptors (Lipinski definition) is 4. The number of amides is 1. The van der Waals surface area contributed by atoms with Crippen LogP contribution in [0, 0.1) is 10.1 Å². The minimum atomic E-state index is -0.562. The third kappa shape index (κ3) is 3.46. The van der Waals surface area contributed by atoms with Gasteiger partial charge in [0.15, 0.2) is 0 Å². The van der Waals surface area contributed by atoms with Gasteiger partial charge in [0.05, 0.1) is 4.92 Å². The van der Waals surface area contributed by atoms with E-state index in [9.17, 15) is 14.9 Å². The number of carbonyl (C=O) groups is 1. The first-order valence-corrected chi connectivity index (χ1v) is 6.84. The Hall–Kier alpha value is -1.66. The van der Waals surface area contributed by atoms with Gasteiger partial charge in [-0.2, -0.15) is 0 Å². The molecule has 6 nitrogen and oxygen atoms in total. The van der Waals surface area contributed by atoms with E-state index >= 15 is 0 Å². The topological polar surface area (TPSA) is 84.3 Å². The Bertz CT molecular complexity index is 536. The molecule has 2 atom stereocenters. The zero-order valence-electron chi connectivity index (χ0n) is 11.1. The normalized spacial score (nSPS) is 22.3. The molecule has 1 aromatic carbocycles. The lowest BCUT2D eigenvalue weighted by Gasteiger charge is -2.30. The smallest absolute Gasteiger partial charge is 0.271 e. The first-order valence-electron chi connectivity index (χ1n) is 6.46. The molecule has 0 saturated carbocycles. The fourth-order valence-electron chi connectivity index (χ4n) is 2.30. The Labute approximate surface area is 121 Å². The largest absolute Gasteiger partial charge is 0.348 e. The number of nitrogens with zero attached hydrogens (tertiary/aromatic N) is 1. The van der Waals surface area contributed by atoms with Gasteiger partial charge in [-0.25, -0.2) is 0 Å². The molecule has 1 amide bonds. The second-order valence-electron chi connectivity index (χ2n) is 4.92. The van der Waals surface area contributed by atoms with Gasteiger partial charge in [-0.3, -0.25) is 14.9 Å². The highest BCUT2D eigenvalue weighted by Crippen LogP contribution is 2.21. The van der Waals surface area contributed by atoms with Crippen molar-refractivity contribution in [3.05, 3.63) is 38.9 Å². The summed E-state index contributed by atoms with van der Waals surface area (Å²) in [4.78, 5) is 22.4. The lowest BCUT2D eigenvalue weighted by molar-refractivity contribution is -0.384. The lowest BCUT2D eigenvalue weighted by Crippen LogP contribution is -2.51. The number of hydrogen-bond donors (Lipinski definition) is 2. The number of rotatable bonds is 3. The average Bonchev–Trinajstić information content (AvgIpc) is 2.40. The summed E-state index contributed by atoms with van der Waals surface area (Å²) in [5.41, 5.74) is 0.0273. The number of nitro groups is 1. The molecule has 1 aliphatic heterocycles. The summed E-state index contributed by atoms with van der Waals surface area (Å²) < 4.78 is 0. The zero-order chi connectivity index (χ0) is 14.7.